The smallest absolute Gasteiger partial charge is 0.218 e. The first kappa shape index (κ1) is 11.0. The minimum Gasteiger partial charge on any atom is -0.471 e. The van der Waals surface area contributed by atoms with Gasteiger partial charge in [-0.05, 0) is 37.3 Å². The minimum atomic E-state index is 0.0195. The first-order valence-electron chi connectivity index (χ1n) is 6.66. The number of aryl methyl sites for hydroxylation is 1. The molecule has 1 atom stereocenters. The molecule has 92 valence electrons. The van der Waals surface area contributed by atoms with Crippen molar-refractivity contribution in [2.75, 3.05) is 0 Å². The molecule has 3 rings (SSSR count). The maximum atomic E-state index is 6.28. The highest BCUT2D eigenvalue weighted by molar-refractivity contribution is 5.36. The van der Waals surface area contributed by atoms with Crippen LogP contribution in [0, 0.1) is 0 Å². The van der Waals surface area contributed by atoms with Crippen LogP contribution in [0.1, 0.15) is 56.2 Å². The average molecular weight is 232 g/mol. The van der Waals surface area contributed by atoms with Crippen LogP contribution in [0.5, 0.6) is 5.88 Å². The molecule has 17 heavy (non-hydrogen) atoms. The highest BCUT2D eigenvalue weighted by Crippen LogP contribution is 2.47. The van der Waals surface area contributed by atoms with Gasteiger partial charge >= 0.3 is 0 Å². The van der Waals surface area contributed by atoms with Crippen molar-refractivity contribution < 1.29 is 4.74 Å². The van der Waals surface area contributed by atoms with Gasteiger partial charge in [-0.25, -0.2) is 4.98 Å². The van der Waals surface area contributed by atoms with Gasteiger partial charge in [0.2, 0.25) is 5.88 Å². The molecule has 2 N–H and O–H groups in total. The Morgan fingerprint density at radius 1 is 1.53 bits per heavy atom. The van der Waals surface area contributed by atoms with Gasteiger partial charge < -0.3 is 10.5 Å². The Kier molecular flexibility index (Phi) is 2.58. The molecule has 0 amide bonds. The summed E-state index contributed by atoms with van der Waals surface area (Å²) < 4.78 is 6.07. The van der Waals surface area contributed by atoms with Crippen LogP contribution >= 0.6 is 0 Å². The Morgan fingerprint density at radius 3 is 3.00 bits per heavy atom. The summed E-state index contributed by atoms with van der Waals surface area (Å²) >= 11 is 0. The van der Waals surface area contributed by atoms with Gasteiger partial charge in [0.05, 0.1) is 0 Å². The fourth-order valence-electron chi connectivity index (χ4n) is 2.93. The fourth-order valence-corrected chi connectivity index (χ4v) is 2.93. The molecule has 0 saturated heterocycles. The summed E-state index contributed by atoms with van der Waals surface area (Å²) in [5, 5.41) is 0. The first-order valence-corrected chi connectivity index (χ1v) is 6.66. The van der Waals surface area contributed by atoms with E-state index in [1.165, 1.54) is 12.0 Å². The van der Waals surface area contributed by atoms with Crippen LogP contribution in [0.2, 0.25) is 0 Å². The van der Waals surface area contributed by atoms with Crippen molar-refractivity contribution in [1.29, 1.82) is 0 Å². The summed E-state index contributed by atoms with van der Waals surface area (Å²) in [6.45, 7) is 2.18. The lowest BCUT2D eigenvalue weighted by Gasteiger charge is -2.46. The standard InChI is InChI=1S/C14H20N2O/c1-2-4-10-7-11-12(15)8-14(5-3-6-14)17-13(11)16-9-10/h7,9,12H,2-6,8,15H2,1H3/t12-/m0/s1. The molecule has 0 bridgehead atoms. The lowest BCUT2D eigenvalue weighted by Crippen LogP contribution is -2.48. The highest BCUT2D eigenvalue weighted by Gasteiger charge is 2.45. The van der Waals surface area contributed by atoms with Gasteiger partial charge in [0.25, 0.3) is 0 Å². The SMILES string of the molecule is CCCc1cnc2c(c1)[C@@H](N)CC1(CCC1)O2. The van der Waals surface area contributed by atoms with Crippen LogP contribution in [0.4, 0.5) is 0 Å². The lowest BCUT2D eigenvalue weighted by molar-refractivity contribution is -0.0369. The molecule has 1 saturated carbocycles. The van der Waals surface area contributed by atoms with Gasteiger partial charge in [-0.1, -0.05) is 13.3 Å². The predicted molar refractivity (Wildman–Crippen MR) is 67.0 cm³/mol. The molecular weight excluding hydrogens is 212 g/mol. The number of aromatic nitrogens is 1. The number of hydrogen-bond acceptors (Lipinski definition) is 3. The van der Waals surface area contributed by atoms with Crippen molar-refractivity contribution in [3.8, 4) is 5.88 Å². The Hall–Kier alpha value is -1.09. The molecule has 0 aromatic carbocycles. The van der Waals surface area contributed by atoms with Crippen LogP contribution < -0.4 is 10.5 Å². The quantitative estimate of drug-likeness (QED) is 0.853. The van der Waals surface area contributed by atoms with E-state index in [1.807, 2.05) is 6.20 Å². The first-order chi connectivity index (χ1) is 8.22. The van der Waals surface area contributed by atoms with E-state index in [9.17, 15) is 0 Å². The predicted octanol–water partition coefficient (Wildman–Crippen LogP) is 2.74. The second-order valence-corrected chi connectivity index (χ2v) is 5.44. The molecule has 1 aliphatic heterocycles. The zero-order valence-corrected chi connectivity index (χ0v) is 10.4. The molecular formula is C14H20N2O. The van der Waals surface area contributed by atoms with Crippen molar-refractivity contribution in [2.24, 2.45) is 5.73 Å². The largest absolute Gasteiger partial charge is 0.471 e. The van der Waals surface area contributed by atoms with E-state index in [4.69, 9.17) is 10.5 Å². The van der Waals surface area contributed by atoms with Gasteiger partial charge in [-0.3, -0.25) is 0 Å². The van der Waals surface area contributed by atoms with Crippen LogP contribution in [-0.2, 0) is 6.42 Å². The Labute approximate surface area is 102 Å². The molecule has 1 aromatic heterocycles. The summed E-state index contributed by atoms with van der Waals surface area (Å²) in [5.41, 5.74) is 8.67. The minimum absolute atomic E-state index is 0.0195. The number of nitrogens with two attached hydrogens (primary N) is 1. The molecule has 0 unspecified atom stereocenters. The summed E-state index contributed by atoms with van der Waals surface area (Å²) in [6.07, 6.45) is 8.63. The van der Waals surface area contributed by atoms with E-state index >= 15 is 0 Å². The van der Waals surface area contributed by atoms with Crippen molar-refractivity contribution in [2.45, 2.75) is 57.1 Å². The summed E-state index contributed by atoms with van der Waals surface area (Å²) in [4.78, 5) is 4.46. The third-order valence-electron chi connectivity index (χ3n) is 4.04. The zero-order chi connectivity index (χ0) is 11.9. The maximum Gasteiger partial charge on any atom is 0.218 e. The summed E-state index contributed by atoms with van der Waals surface area (Å²) in [5.74, 6) is 0.781. The lowest BCUT2D eigenvalue weighted by atomic mass is 9.73. The summed E-state index contributed by atoms with van der Waals surface area (Å²) in [6, 6.07) is 2.28. The fraction of sp³-hybridized carbons (Fsp3) is 0.643. The zero-order valence-electron chi connectivity index (χ0n) is 10.4. The number of rotatable bonds is 2. The van der Waals surface area contributed by atoms with E-state index in [0.717, 1.165) is 43.5 Å². The van der Waals surface area contributed by atoms with E-state index in [2.05, 4.69) is 18.0 Å². The van der Waals surface area contributed by atoms with Crippen molar-refractivity contribution in [3.05, 3.63) is 23.4 Å². The molecule has 0 radical (unpaired) electrons. The topological polar surface area (TPSA) is 48.1 Å². The normalized spacial score (nSPS) is 24.9. The second kappa shape index (κ2) is 3.98. The number of ether oxygens (including phenoxy) is 1. The number of fused-ring (bicyclic) bond motifs is 1. The second-order valence-electron chi connectivity index (χ2n) is 5.44. The molecule has 1 fully saturated rings. The Balaban J connectivity index is 1.91. The van der Waals surface area contributed by atoms with Gasteiger partial charge in [0, 0.05) is 24.2 Å². The third-order valence-corrected chi connectivity index (χ3v) is 4.04. The van der Waals surface area contributed by atoms with Crippen LogP contribution in [-0.4, -0.2) is 10.6 Å². The third kappa shape index (κ3) is 1.82. The van der Waals surface area contributed by atoms with Crippen molar-refractivity contribution in [3.63, 3.8) is 0 Å². The van der Waals surface area contributed by atoms with E-state index < -0.39 is 0 Å². The molecule has 2 aliphatic rings. The van der Waals surface area contributed by atoms with E-state index in [-0.39, 0.29) is 11.6 Å². The number of hydrogen-bond donors (Lipinski definition) is 1. The van der Waals surface area contributed by atoms with Crippen LogP contribution in [0.3, 0.4) is 0 Å². The van der Waals surface area contributed by atoms with Crippen molar-refractivity contribution >= 4 is 0 Å². The van der Waals surface area contributed by atoms with Gasteiger partial charge in [0.1, 0.15) is 5.60 Å². The maximum absolute atomic E-state index is 6.28. The van der Waals surface area contributed by atoms with Crippen LogP contribution in [0.25, 0.3) is 0 Å². The molecule has 1 aromatic rings. The Bertz CT molecular complexity index is 426. The molecule has 3 nitrogen and oxygen atoms in total. The molecule has 1 aliphatic carbocycles. The van der Waals surface area contributed by atoms with Gasteiger partial charge in [-0.15, -0.1) is 0 Å². The molecule has 3 heteroatoms. The summed E-state index contributed by atoms with van der Waals surface area (Å²) in [7, 11) is 0. The highest BCUT2D eigenvalue weighted by atomic mass is 16.5. The Morgan fingerprint density at radius 2 is 2.35 bits per heavy atom. The number of nitrogens with zero attached hydrogens (tertiary/aromatic N) is 1. The molecule has 2 heterocycles. The van der Waals surface area contributed by atoms with Gasteiger partial charge in [0.15, 0.2) is 0 Å². The van der Waals surface area contributed by atoms with Crippen LogP contribution in [0.15, 0.2) is 12.3 Å². The van der Waals surface area contributed by atoms with Gasteiger partial charge in [-0.2, -0.15) is 0 Å². The average Bonchev–Trinajstić information content (AvgIpc) is 2.28. The monoisotopic (exact) mass is 232 g/mol. The van der Waals surface area contributed by atoms with Crippen molar-refractivity contribution in [1.82, 2.24) is 4.98 Å². The number of pyridine rings is 1. The van der Waals surface area contributed by atoms with E-state index in [1.54, 1.807) is 0 Å². The molecule has 1 spiro atoms. The van der Waals surface area contributed by atoms with E-state index in [0.29, 0.717) is 0 Å².